The van der Waals surface area contributed by atoms with Gasteiger partial charge in [0.2, 0.25) is 11.8 Å². The van der Waals surface area contributed by atoms with Gasteiger partial charge >= 0.3 is 12.2 Å². The van der Waals surface area contributed by atoms with Gasteiger partial charge in [0, 0.05) is 13.1 Å². The number of alkyl carbamates (subject to hydrolysis) is 2. The first kappa shape index (κ1) is 39.1. The second-order valence-electron chi connectivity index (χ2n) is 15.1. The molecule has 3 aromatic carbocycles. The van der Waals surface area contributed by atoms with Gasteiger partial charge < -0.3 is 39.9 Å². The molecule has 2 aliphatic rings. The molecule has 2 fully saturated rings. The van der Waals surface area contributed by atoms with Gasteiger partial charge in [-0.05, 0) is 71.0 Å². The summed E-state index contributed by atoms with van der Waals surface area (Å²) in [5.74, 6) is 1.33. The van der Waals surface area contributed by atoms with Crippen LogP contribution in [-0.2, 0) is 19.1 Å². The number of hydrogen-bond acceptors (Lipinski definition) is 8. The highest BCUT2D eigenvalue weighted by Crippen LogP contribution is 2.39. The van der Waals surface area contributed by atoms with E-state index in [2.05, 4.69) is 97.9 Å². The summed E-state index contributed by atoms with van der Waals surface area (Å²) in [6, 6.07) is 21.8. The van der Waals surface area contributed by atoms with Crippen LogP contribution in [-0.4, -0.2) is 93.6 Å². The van der Waals surface area contributed by atoms with Crippen molar-refractivity contribution in [1.29, 1.82) is 0 Å². The van der Waals surface area contributed by atoms with Crippen molar-refractivity contribution in [2.45, 2.75) is 64.6 Å². The second kappa shape index (κ2) is 16.9. The fraction of sp³-hybridized carbons (Fsp3) is 0.395. The average Bonchev–Trinajstić information content (AvgIpc) is 4.07. The first-order valence-corrected chi connectivity index (χ1v) is 19.6. The van der Waals surface area contributed by atoms with Crippen molar-refractivity contribution < 1.29 is 28.7 Å². The number of ether oxygens (including phenoxy) is 2. The molecule has 4 amide bonds. The highest BCUT2D eigenvalue weighted by Gasteiger charge is 2.39. The molecule has 298 valence electrons. The van der Waals surface area contributed by atoms with Crippen LogP contribution in [0.5, 0.6) is 0 Å². The number of aromatic nitrogens is 4. The van der Waals surface area contributed by atoms with Crippen LogP contribution < -0.4 is 10.6 Å². The van der Waals surface area contributed by atoms with Gasteiger partial charge in [-0.1, -0.05) is 81.8 Å². The minimum absolute atomic E-state index is 0.103. The molecule has 0 aliphatic carbocycles. The van der Waals surface area contributed by atoms with Crippen molar-refractivity contribution >= 4 is 35.0 Å². The third-order valence-corrected chi connectivity index (χ3v) is 11.3. The van der Waals surface area contributed by atoms with Gasteiger partial charge in [-0.2, -0.15) is 0 Å². The predicted molar refractivity (Wildman–Crippen MR) is 216 cm³/mol. The number of rotatable bonds is 11. The molecule has 57 heavy (non-hydrogen) atoms. The SMILES string of the molecule is CC[C@@H]1CCN(C(=O)CNC(=O)OC)[C@@H]1c1nc2ccc(-c3ccc(-c4ccc(-c5cnc([C@@H]6CCCN6C(=O)C(NC(=O)OC)C(C)C)[nH]5)cc4)cc3)cc2[nH]1. The number of nitrogens with one attached hydrogen (secondary N) is 4. The van der Waals surface area contributed by atoms with E-state index in [0.717, 1.165) is 81.9 Å². The molecule has 7 rings (SSSR count). The molecule has 0 radical (unpaired) electrons. The van der Waals surface area contributed by atoms with E-state index < -0.39 is 18.2 Å². The Morgan fingerprint density at radius 3 is 2.11 bits per heavy atom. The Morgan fingerprint density at radius 1 is 0.807 bits per heavy atom. The maximum Gasteiger partial charge on any atom is 0.407 e. The Balaban J connectivity index is 1.02. The van der Waals surface area contributed by atoms with Crippen LogP contribution in [0.15, 0.2) is 72.9 Å². The lowest BCUT2D eigenvalue weighted by molar-refractivity contribution is -0.135. The molecule has 5 aromatic rings. The number of imidazole rings is 2. The van der Waals surface area contributed by atoms with Crippen molar-refractivity contribution in [1.82, 2.24) is 40.4 Å². The topological polar surface area (TPSA) is 175 Å². The highest BCUT2D eigenvalue weighted by molar-refractivity contribution is 5.87. The molecular weight excluding hydrogens is 725 g/mol. The number of hydrogen-bond donors (Lipinski definition) is 4. The maximum absolute atomic E-state index is 13.5. The number of fused-ring (bicyclic) bond motifs is 1. The molecule has 4 heterocycles. The van der Waals surface area contributed by atoms with E-state index >= 15 is 0 Å². The third-order valence-electron chi connectivity index (χ3n) is 11.3. The molecule has 14 heteroatoms. The van der Waals surface area contributed by atoms with E-state index in [-0.39, 0.29) is 42.3 Å². The van der Waals surface area contributed by atoms with Crippen LogP contribution in [0, 0.1) is 11.8 Å². The summed E-state index contributed by atoms with van der Waals surface area (Å²) in [4.78, 5) is 70.4. The lowest BCUT2D eigenvalue weighted by atomic mass is 9.97. The van der Waals surface area contributed by atoms with E-state index in [0.29, 0.717) is 13.1 Å². The Bertz CT molecular complexity index is 2230. The summed E-state index contributed by atoms with van der Waals surface area (Å²) >= 11 is 0. The lowest BCUT2D eigenvalue weighted by Crippen LogP contribution is -2.51. The van der Waals surface area contributed by atoms with Gasteiger partial charge in [0.15, 0.2) is 0 Å². The van der Waals surface area contributed by atoms with Crippen LogP contribution in [0.2, 0.25) is 0 Å². The molecule has 14 nitrogen and oxygen atoms in total. The quantitative estimate of drug-likeness (QED) is 0.111. The number of carbonyl (C=O) groups excluding carboxylic acids is 4. The smallest absolute Gasteiger partial charge is 0.407 e. The summed E-state index contributed by atoms with van der Waals surface area (Å²) in [5, 5.41) is 5.20. The monoisotopic (exact) mass is 774 g/mol. The molecule has 0 bridgehead atoms. The zero-order valence-corrected chi connectivity index (χ0v) is 33.0. The lowest BCUT2D eigenvalue weighted by Gasteiger charge is -2.30. The maximum atomic E-state index is 13.5. The van der Waals surface area contributed by atoms with Crippen LogP contribution in [0.4, 0.5) is 9.59 Å². The fourth-order valence-electron chi connectivity index (χ4n) is 8.15. The molecule has 0 saturated carbocycles. The van der Waals surface area contributed by atoms with E-state index in [1.54, 1.807) is 0 Å². The first-order valence-electron chi connectivity index (χ1n) is 19.6. The average molecular weight is 775 g/mol. The summed E-state index contributed by atoms with van der Waals surface area (Å²) in [6.45, 7) is 7.01. The molecule has 0 spiro atoms. The summed E-state index contributed by atoms with van der Waals surface area (Å²) in [7, 11) is 2.57. The van der Waals surface area contributed by atoms with Gasteiger partial charge in [-0.15, -0.1) is 0 Å². The zero-order chi connectivity index (χ0) is 40.2. The second-order valence-corrected chi connectivity index (χ2v) is 15.1. The molecular formula is C43H50N8O6. The van der Waals surface area contributed by atoms with Crippen LogP contribution in [0.25, 0.3) is 44.5 Å². The molecule has 2 aromatic heterocycles. The molecule has 2 aliphatic heterocycles. The summed E-state index contributed by atoms with van der Waals surface area (Å²) < 4.78 is 9.39. The number of nitrogens with zero attached hydrogens (tertiary/aromatic N) is 4. The number of amides is 4. The van der Waals surface area contributed by atoms with Gasteiger partial charge in [0.1, 0.15) is 24.2 Å². The van der Waals surface area contributed by atoms with E-state index in [1.807, 2.05) is 35.9 Å². The Labute approximate surface area is 331 Å². The van der Waals surface area contributed by atoms with Crippen molar-refractivity contribution in [2.75, 3.05) is 33.9 Å². The number of methoxy groups -OCH3 is 2. The van der Waals surface area contributed by atoms with Crippen molar-refractivity contribution in [2.24, 2.45) is 11.8 Å². The molecule has 4 atom stereocenters. The Morgan fingerprint density at radius 2 is 1.46 bits per heavy atom. The van der Waals surface area contributed by atoms with Gasteiger partial charge in [-0.3, -0.25) is 9.59 Å². The number of H-pyrrole nitrogens is 2. The van der Waals surface area contributed by atoms with E-state index in [9.17, 15) is 19.2 Å². The minimum atomic E-state index is -0.686. The number of aromatic amines is 2. The largest absolute Gasteiger partial charge is 0.453 e. The number of carbonyl (C=O) groups is 4. The number of likely N-dealkylation sites (tertiary alicyclic amines) is 2. The molecule has 1 unspecified atom stereocenters. The van der Waals surface area contributed by atoms with Gasteiger partial charge in [-0.25, -0.2) is 19.6 Å². The van der Waals surface area contributed by atoms with Crippen LogP contribution >= 0.6 is 0 Å². The standard InChI is InChI=1S/C43H50N8O6/c1-6-26-19-21-51(36(52)24-45-42(54)56-4)38(26)40-46-32-18-17-31(22-33(32)47-40)29-11-9-27(10-12-29)28-13-15-30(16-14-28)34-23-44-39(48-34)35-8-7-20-50(35)41(53)37(25(2)3)49-43(55)57-5/h9-18,22-23,25-26,35,37-38H,6-8,19-21,24H2,1-5H3,(H,44,48)(H,45,54)(H,46,47)(H,49,55)/t26-,35+,37?,38+/m1/s1. The third kappa shape index (κ3) is 8.21. The Kier molecular flexibility index (Phi) is 11.6. The molecule has 4 N–H and O–H groups in total. The summed E-state index contributed by atoms with van der Waals surface area (Å²) in [5.41, 5.74) is 7.85. The van der Waals surface area contributed by atoms with Gasteiger partial charge in [0.25, 0.3) is 0 Å². The van der Waals surface area contributed by atoms with E-state index in [4.69, 9.17) is 9.72 Å². The van der Waals surface area contributed by atoms with Crippen LogP contribution in [0.1, 0.15) is 70.2 Å². The van der Waals surface area contributed by atoms with Gasteiger partial charge in [0.05, 0.1) is 49.2 Å². The predicted octanol–water partition coefficient (Wildman–Crippen LogP) is 6.99. The number of benzene rings is 3. The fourth-order valence-corrected chi connectivity index (χ4v) is 8.15. The molecule has 2 saturated heterocycles. The van der Waals surface area contributed by atoms with Crippen molar-refractivity contribution in [3.63, 3.8) is 0 Å². The van der Waals surface area contributed by atoms with Crippen LogP contribution in [0.3, 0.4) is 0 Å². The normalized spacial score (nSPS) is 18.5. The first-order chi connectivity index (χ1) is 27.6. The zero-order valence-electron chi connectivity index (χ0n) is 33.0. The Hall–Kier alpha value is -6.18. The van der Waals surface area contributed by atoms with E-state index in [1.165, 1.54) is 14.2 Å². The van der Waals surface area contributed by atoms with Crippen molar-refractivity contribution in [3.05, 3.63) is 84.6 Å². The highest BCUT2D eigenvalue weighted by atomic mass is 16.5. The minimum Gasteiger partial charge on any atom is -0.453 e. The van der Waals surface area contributed by atoms with Crippen molar-refractivity contribution in [3.8, 4) is 33.5 Å². The summed E-state index contributed by atoms with van der Waals surface area (Å²) in [6.07, 6.45) is 3.96.